The summed E-state index contributed by atoms with van der Waals surface area (Å²) in [6.07, 6.45) is 1.71. The minimum atomic E-state index is -0.149. The van der Waals surface area contributed by atoms with Gasteiger partial charge in [0.2, 0.25) is 0 Å². The molecule has 1 aliphatic carbocycles. The Hall–Kier alpha value is -0.120. The van der Waals surface area contributed by atoms with Crippen LogP contribution in [0.3, 0.4) is 0 Å². The SMILES string of the molecule is N[C@H]1C[C@H]2COC[C@@H](C1)C2O. The lowest BCUT2D eigenvalue weighted by Gasteiger charge is -2.41. The van der Waals surface area contributed by atoms with Crippen LogP contribution in [0.4, 0.5) is 0 Å². The van der Waals surface area contributed by atoms with Gasteiger partial charge in [0.05, 0.1) is 19.3 Å². The van der Waals surface area contributed by atoms with Crippen LogP contribution in [0.25, 0.3) is 0 Å². The molecule has 0 radical (unpaired) electrons. The van der Waals surface area contributed by atoms with Gasteiger partial charge in [0.1, 0.15) is 0 Å². The van der Waals surface area contributed by atoms with Crippen LogP contribution in [-0.2, 0) is 4.74 Å². The third-order valence-corrected chi connectivity index (χ3v) is 2.84. The van der Waals surface area contributed by atoms with Crippen LogP contribution in [0.2, 0.25) is 0 Å². The van der Waals surface area contributed by atoms with Gasteiger partial charge in [-0.25, -0.2) is 0 Å². The van der Waals surface area contributed by atoms with Crippen molar-refractivity contribution in [1.29, 1.82) is 0 Å². The maximum atomic E-state index is 9.67. The Labute approximate surface area is 66.5 Å². The minimum absolute atomic E-state index is 0.149. The van der Waals surface area contributed by atoms with E-state index < -0.39 is 0 Å². The molecule has 3 nitrogen and oxygen atoms in total. The van der Waals surface area contributed by atoms with Gasteiger partial charge in [-0.3, -0.25) is 0 Å². The Morgan fingerprint density at radius 1 is 1.18 bits per heavy atom. The molecule has 0 aromatic carbocycles. The van der Waals surface area contributed by atoms with E-state index in [1.54, 1.807) is 0 Å². The molecule has 1 saturated carbocycles. The highest BCUT2D eigenvalue weighted by atomic mass is 16.5. The molecule has 2 rings (SSSR count). The van der Waals surface area contributed by atoms with Crippen molar-refractivity contribution < 1.29 is 9.84 Å². The minimum Gasteiger partial charge on any atom is -0.392 e. The van der Waals surface area contributed by atoms with Crippen molar-refractivity contribution in [2.45, 2.75) is 25.0 Å². The van der Waals surface area contributed by atoms with E-state index in [0.717, 1.165) is 12.8 Å². The summed E-state index contributed by atoms with van der Waals surface area (Å²) in [7, 11) is 0. The average Bonchev–Trinajstić information content (AvgIpc) is 1.92. The molecule has 3 heteroatoms. The van der Waals surface area contributed by atoms with Crippen LogP contribution in [0.1, 0.15) is 12.8 Å². The van der Waals surface area contributed by atoms with Crippen molar-refractivity contribution in [3.8, 4) is 0 Å². The van der Waals surface area contributed by atoms with E-state index in [1.165, 1.54) is 0 Å². The number of rotatable bonds is 0. The lowest BCUT2D eigenvalue weighted by Crippen LogP contribution is -2.49. The molecule has 4 atom stereocenters. The van der Waals surface area contributed by atoms with E-state index in [0.29, 0.717) is 25.0 Å². The van der Waals surface area contributed by atoms with E-state index >= 15 is 0 Å². The van der Waals surface area contributed by atoms with E-state index in [-0.39, 0.29) is 12.1 Å². The van der Waals surface area contributed by atoms with Crippen LogP contribution in [0.15, 0.2) is 0 Å². The number of nitrogens with two attached hydrogens (primary N) is 1. The van der Waals surface area contributed by atoms with Gasteiger partial charge in [0.25, 0.3) is 0 Å². The smallest absolute Gasteiger partial charge is 0.0641 e. The van der Waals surface area contributed by atoms with Crippen molar-refractivity contribution in [2.24, 2.45) is 17.6 Å². The summed E-state index contributed by atoms with van der Waals surface area (Å²) in [5.41, 5.74) is 5.82. The Morgan fingerprint density at radius 2 is 1.73 bits per heavy atom. The highest BCUT2D eigenvalue weighted by Crippen LogP contribution is 2.32. The predicted octanol–water partition coefficient (Wildman–Crippen LogP) is -0.269. The molecule has 64 valence electrons. The van der Waals surface area contributed by atoms with Gasteiger partial charge in [0.15, 0.2) is 0 Å². The van der Waals surface area contributed by atoms with Gasteiger partial charge in [0, 0.05) is 17.9 Å². The maximum Gasteiger partial charge on any atom is 0.0641 e. The number of hydrogen-bond acceptors (Lipinski definition) is 3. The van der Waals surface area contributed by atoms with Gasteiger partial charge in [-0.05, 0) is 12.8 Å². The Bertz CT molecular complexity index is 137. The summed E-state index contributed by atoms with van der Waals surface area (Å²) < 4.78 is 5.34. The summed E-state index contributed by atoms with van der Waals surface area (Å²) in [5.74, 6) is 0.606. The number of aliphatic hydroxyl groups excluding tert-OH is 1. The standard InChI is InChI=1S/C8H15NO2/c9-7-1-5-3-11-4-6(2-7)8(5)10/h5-8,10H,1-4,9H2/t5-,6+,7-,8?. The molecule has 0 amide bonds. The lowest BCUT2D eigenvalue weighted by molar-refractivity contribution is -0.106. The molecule has 0 aromatic rings. The molecule has 1 saturated heterocycles. The van der Waals surface area contributed by atoms with Crippen LogP contribution in [0, 0.1) is 11.8 Å². The lowest BCUT2D eigenvalue weighted by atomic mass is 9.75. The molecule has 2 fully saturated rings. The van der Waals surface area contributed by atoms with Crippen molar-refractivity contribution in [1.82, 2.24) is 0 Å². The second-order valence-corrected chi connectivity index (χ2v) is 3.78. The van der Waals surface area contributed by atoms with Gasteiger partial charge >= 0.3 is 0 Å². The van der Waals surface area contributed by atoms with Crippen molar-refractivity contribution in [2.75, 3.05) is 13.2 Å². The van der Waals surface area contributed by atoms with Gasteiger partial charge in [-0.2, -0.15) is 0 Å². The fourth-order valence-electron chi connectivity index (χ4n) is 2.24. The molecule has 1 heterocycles. The normalized spacial score (nSPS) is 50.7. The number of hydrogen-bond donors (Lipinski definition) is 2. The van der Waals surface area contributed by atoms with Gasteiger partial charge in [-0.1, -0.05) is 0 Å². The largest absolute Gasteiger partial charge is 0.392 e. The zero-order chi connectivity index (χ0) is 7.84. The van der Waals surface area contributed by atoms with Crippen molar-refractivity contribution >= 4 is 0 Å². The maximum absolute atomic E-state index is 9.67. The monoisotopic (exact) mass is 157 g/mol. The molecule has 11 heavy (non-hydrogen) atoms. The van der Waals surface area contributed by atoms with E-state index in [9.17, 15) is 5.11 Å². The summed E-state index contributed by atoms with van der Waals surface area (Å²) in [5, 5.41) is 9.67. The first-order chi connectivity index (χ1) is 5.27. The topological polar surface area (TPSA) is 55.5 Å². The summed E-state index contributed by atoms with van der Waals surface area (Å²) in [6.45, 7) is 1.40. The Kier molecular flexibility index (Phi) is 1.87. The predicted molar refractivity (Wildman–Crippen MR) is 41.0 cm³/mol. The molecule has 0 aromatic heterocycles. The quantitative estimate of drug-likeness (QED) is 0.509. The van der Waals surface area contributed by atoms with Gasteiger partial charge in [-0.15, -0.1) is 0 Å². The van der Waals surface area contributed by atoms with Crippen molar-refractivity contribution in [3.63, 3.8) is 0 Å². The molecule has 3 N–H and O–H groups in total. The Morgan fingerprint density at radius 3 is 2.27 bits per heavy atom. The highest BCUT2D eigenvalue weighted by molar-refractivity contribution is 4.90. The second-order valence-electron chi connectivity index (χ2n) is 3.78. The summed E-state index contributed by atoms with van der Waals surface area (Å²) in [6, 6.07) is 0.289. The number of ether oxygens (including phenoxy) is 1. The molecule has 2 bridgehead atoms. The van der Waals surface area contributed by atoms with Gasteiger partial charge < -0.3 is 15.6 Å². The zero-order valence-corrected chi connectivity index (χ0v) is 6.57. The third kappa shape index (κ3) is 1.28. The van der Waals surface area contributed by atoms with E-state index in [2.05, 4.69) is 0 Å². The fourth-order valence-corrected chi connectivity index (χ4v) is 2.24. The summed E-state index contributed by atoms with van der Waals surface area (Å²) in [4.78, 5) is 0. The summed E-state index contributed by atoms with van der Waals surface area (Å²) >= 11 is 0. The molecular weight excluding hydrogens is 142 g/mol. The van der Waals surface area contributed by atoms with E-state index in [4.69, 9.17) is 10.5 Å². The van der Waals surface area contributed by atoms with Crippen LogP contribution in [-0.4, -0.2) is 30.5 Å². The second kappa shape index (κ2) is 2.73. The fraction of sp³-hybridized carbons (Fsp3) is 1.00. The number of aliphatic hydroxyl groups is 1. The van der Waals surface area contributed by atoms with Crippen LogP contribution >= 0.6 is 0 Å². The molecule has 0 spiro atoms. The number of fused-ring (bicyclic) bond motifs is 2. The first kappa shape index (κ1) is 7.53. The zero-order valence-electron chi connectivity index (χ0n) is 6.57. The van der Waals surface area contributed by atoms with E-state index in [1.807, 2.05) is 0 Å². The first-order valence-electron chi connectivity index (χ1n) is 4.29. The molecular formula is C8H15NO2. The van der Waals surface area contributed by atoms with Crippen LogP contribution in [0.5, 0.6) is 0 Å². The van der Waals surface area contributed by atoms with Crippen molar-refractivity contribution in [3.05, 3.63) is 0 Å². The van der Waals surface area contributed by atoms with Crippen LogP contribution < -0.4 is 5.73 Å². The average molecular weight is 157 g/mol. The molecule has 2 aliphatic rings. The highest BCUT2D eigenvalue weighted by Gasteiger charge is 2.38. The molecule has 1 unspecified atom stereocenters. The first-order valence-corrected chi connectivity index (χ1v) is 4.29. The Balaban J connectivity index is 2.07. The third-order valence-electron chi connectivity index (χ3n) is 2.84. The molecule has 1 aliphatic heterocycles.